The van der Waals surface area contributed by atoms with Gasteiger partial charge in [0.25, 0.3) is 0 Å². The van der Waals surface area contributed by atoms with Gasteiger partial charge in [-0.15, -0.1) is 0 Å². The molecule has 1 aliphatic carbocycles. The van der Waals surface area contributed by atoms with Gasteiger partial charge in [-0.25, -0.2) is 0 Å². The molecule has 0 amide bonds. The Kier molecular flexibility index (Phi) is 2.91. The van der Waals surface area contributed by atoms with Crippen LogP contribution in [0, 0.1) is 11.3 Å². The van der Waals surface area contributed by atoms with Gasteiger partial charge in [0.15, 0.2) is 0 Å². The van der Waals surface area contributed by atoms with Gasteiger partial charge in [-0.3, -0.25) is 4.98 Å². The smallest absolute Gasteiger partial charge is 0.101 e. The van der Waals surface area contributed by atoms with Crippen LogP contribution < -0.4 is 0 Å². The second-order valence-electron chi connectivity index (χ2n) is 4.33. The third-order valence-corrected chi connectivity index (χ3v) is 2.59. The quantitative estimate of drug-likeness (QED) is 0.773. The lowest BCUT2D eigenvalue weighted by molar-refractivity contribution is 0.567. The van der Waals surface area contributed by atoms with E-state index in [2.05, 4.69) is 11.1 Å². The highest BCUT2D eigenvalue weighted by molar-refractivity contribution is 5.54. The van der Waals surface area contributed by atoms with Crippen LogP contribution in [-0.2, 0) is 0 Å². The van der Waals surface area contributed by atoms with Crippen molar-refractivity contribution >= 4 is 6.08 Å². The Bertz CT molecular complexity index is 451. The van der Waals surface area contributed by atoms with E-state index in [1.54, 1.807) is 0 Å². The van der Waals surface area contributed by atoms with Gasteiger partial charge >= 0.3 is 0 Å². The topological polar surface area (TPSA) is 39.9 Å². The number of nitriles is 1. The molecular formula is C13H15N3. The summed E-state index contributed by atoms with van der Waals surface area (Å²) in [5.41, 5.74) is 2.54. The summed E-state index contributed by atoms with van der Waals surface area (Å²) in [4.78, 5) is 6.48. The van der Waals surface area contributed by atoms with Crippen LogP contribution in [-0.4, -0.2) is 24.0 Å². The highest BCUT2D eigenvalue weighted by Crippen LogP contribution is 2.39. The standard InChI is InChI=1S/C13H15N3/c1-16(2)8-7-13-11(9-14)5-6-12(15-13)10-3-4-10/h5-8,10H,3-4H2,1-2H3/b8-7+. The average molecular weight is 213 g/mol. The molecule has 1 heterocycles. The monoisotopic (exact) mass is 213 g/mol. The molecule has 2 rings (SSSR count). The van der Waals surface area contributed by atoms with Gasteiger partial charge in [0, 0.05) is 31.9 Å². The molecule has 1 aliphatic rings. The van der Waals surface area contributed by atoms with E-state index in [1.807, 2.05) is 43.4 Å². The number of hydrogen-bond donors (Lipinski definition) is 0. The van der Waals surface area contributed by atoms with Crippen LogP contribution in [0.15, 0.2) is 18.3 Å². The Morgan fingerprint density at radius 3 is 2.75 bits per heavy atom. The molecule has 0 radical (unpaired) electrons. The van der Waals surface area contributed by atoms with Crippen molar-refractivity contribution in [1.29, 1.82) is 5.26 Å². The maximum absolute atomic E-state index is 8.99. The van der Waals surface area contributed by atoms with Crippen molar-refractivity contribution in [2.45, 2.75) is 18.8 Å². The summed E-state index contributed by atoms with van der Waals surface area (Å²) in [6.45, 7) is 0. The van der Waals surface area contributed by atoms with Crippen molar-refractivity contribution in [1.82, 2.24) is 9.88 Å². The SMILES string of the molecule is CN(C)/C=C/c1nc(C2CC2)ccc1C#N. The van der Waals surface area contributed by atoms with Crippen molar-refractivity contribution < 1.29 is 0 Å². The van der Waals surface area contributed by atoms with E-state index >= 15 is 0 Å². The molecule has 3 nitrogen and oxygen atoms in total. The van der Waals surface area contributed by atoms with Gasteiger partial charge in [0.1, 0.15) is 6.07 Å². The first kappa shape index (κ1) is 10.7. The number of nitrogens with zero attached hydrogens (tertiary/aromatic N) is 3. The molecule has 3 heteroatoms. The predicted octanol–water partition coefficient (Wildman–Crippen LogP) is 2.36. The predicted molar refractivity (Wildman–Crippen MR) is 63.6 cm³/mol. The van der Waals surface area contributed by atoms with Crippen LogP contribution >= 0.6 is 0 Å². The fourth-order valence-electron chi connectivity index (χ4n) is 1.54. The normalized spacial score (nSPS) is 15.1. The maximum Gasteiger partial charge on any atom is 0.101 e. The van der Waals surface area contributed by atoms with E-state index in [9.17, 15) is 0 Å². The second kappa shape index (κ2) is 4.36. The summed E-state index contributed by atoms with van der Waals surface area (Å²) in [6, 6.07) is 6.02. The minimum absolute atomic E-state index is 0.624. The Labute approximate surface area is 96.0 Å². The van der Waals surface area contributed by atoms with Crippen molar-refractivity contribution in [2.75, 3.05) is 14.1 Å². The highest BCUT2D eigenvalue weighted by Gasteiger charge is 2.25. The molecule has 0 spiro atoms. The van der Waals surface area contributed by atoms with Crippen molar-refractivity contribution in [3.05, 3.63) is 35.3 Å². The molecule has 1 fully saturated rings. The van der Waals surface area contributed by atoms with Gasteiger partial charge < -0.3 is 4.90 Å². The molecule has 16 heavy (non-hydrogen) atoms. The first-order chi connectivity index (χ1) is 7.70. The minimum Gasteiger partial charge on any atom is -0.383 e. The van der Waals surface area contributed by atoms with Crippen LogP contribution in [0.1, 0.15) is 35.7 Å². The van der Waals surface area contributed by atoms with Crippen LogP contribution in [0.2, 0.25) is 0 Å². The molecule has 1 saturated carbocycles. The van der Waals surface area contributed by atoms with E-state index in [0.717, 1.165) is 11.4 Å². The molecule has 0 aromatic carbocycles. The van der Waals surface area contributed by atoms with E-state index < -0.39 is 0 Å². The summed E-state index contributed by atoms with van der Waals surface area (Å²) in [5, 5.41) is 8.99. The number of rotatable bonds is 3. The molecule has 1 aromatic heterocycles. The third kappa shape index (κ3) is 2.40. The molecule has 0 atom stereocenters. The Balaban J connectivity index is 2.32. The summed E-state index contributed by atoms with van der Waals surface area (Å²) in [6.07, 6.45) is 6.27. The zero-order valence-electron chi connectivity index (χ0n) is 9.64. The maximum atomic E-state index is 8.99. The molecular weight excluding hydrogens is 198 g/mol. The number of aromatic nitrogens is 1. The molecule has 0 N–H and O–H groups in total. The van der Waals surface area contributed by atoms with Crippen LogP contribution in [0.5, 0.6) is 0 Å². The van der Waals surface area contributed by atoms with Crippen LogP contribution in [0.3, 0.4) is 0 Å². The average Bonchev–Trinajstić information content (AvgIpc) is 3.09. The van der Waals surface area contributed by atoms with Gasteiger partial charge in [-0.05, 0) is 31.1 Å². The summed E-state index contributed by atoms with van der Waals surface area (Å²) < 4.78 is 0. The largest absolute Gasteiger partial charge is 0.383 e. The molecule has 82 valence electrons. The van der Waals surface area contributed by atoms with Crippen molar-refractivity contribution in [3.8, 4) is 6.07 Å². The van der Waals surface area contributed by atoms with Crippen molar-refractivity contribution in [2.24, 2.45) is 0 Å². The van der Waals surface area contributed by atoms with Crippen LogP contribution in [0.25, 0.3) is 6.08 Å². The fraction of sp³-hybridized carbons (Fsp3) is 0.385. The lowest BCUT2D eigenvalue weighted by atomic mass is 10.1. The van der Waals surface area contributed by atoms with E-state index in [1.165, 1.54) is 12.8 Å². The first-order valence-corrected chi connectivity index (χ1v) is 5.46. The molecule has 0 unspecified atom stereocenters. The molecule has 0 saturated heterocycles. The second-order valence-corrected chi connectivity index (χ2v) is 4.33. The molecule has 1 aromatic rings. The number of hydrogen-bond acceptors (Lipinski definition) is 3. The van der Waals surface area contributed by atoms with E-state index in [-0.39, 0.29) is 0 Å². The summed E-state index contributed by atoms with van der Waals surface area (Å²) in [5.74, 6) is 0.624. The van der Waals surface area contributed by atoms with Gasteiger partial charge in [0.2, 0.25) is 0 Å². The minimum atomic E-state index is 0.624. The van der Waals surface area contributed by atoms with Gasteiger partial charge in [-0.2, -0.15) is 5.26 Å². The van der Waals surface area contributed by atoms with Crippen LogP contribution in [0.4, 0.5) is 0 Å². The zero-order valence-corrected chi connectivity index (χ0v) is 9.64. The fourth-order valence-corrected chi connectivity index (χ4v) is 1.54. The Morgan fingerprint density at radius 2 is 2.19 bits per heavy atom. The summed E-state index contributed by atoms with van der Waals surface area (Å²) in [7, 11) is 3.90. The van der Waals surface area contributed by atoms with E-state index in [4.69, 9.17) is 5.26 Å². The number of pyridine rings is 1. The summed E-state index contributed by atoms with van der Waals surface area (Å²) >= 11 is 0. The third-order valence-electron chi connectivity index (χ3n) is 2.59. The highest BCUT2D eigenvalue weighted by atomic mass is 15.0. The van der Waals surface area contributed by atoms with Gasteiger partial charge in [0.05, 0.1) is 11.3 Å². The van der Waals surface area contributed by atoms with E-state index in [0.29, 0.717) is 11.5 Å². The Morgan fingerprint density at radius 1 is 1.44 bits per heavy atom. The van der Waals surface area contributed by atoms with Crippen molar-refractivity contribution in [3.63, 3.8) is 0 Å². The molecule has 0 bridgehead atoms. The van der Waals surface area contributed by atoms with Gasteiger partial charge in [-0.1, -0.05) is 0 Å². The lowest BCUT2D eigenvalue weighted by Gasteiger charge is -2.05. The zero-order chi connectivity index (χ0) is 11.5. The lowest BCUT2D eigenvalue weighted by Crippen LogP contribution is -2.01. The Hall–Kier alpha value is -1.82. The molecule has 0 aliphatic heterocycles. The first-order valence-electron chi connectivity index (χ1n) is 5.46.